The maximum atomic E-state index is 12.8. The normalized spacial score (nSPS) is 19.0. The second-order valence-electron chi connectivity index (χ2n) is 6.23. The van der Waals surface area contributed by atoms with Gasteiger partial charge in [0, 0.05) is 18.5 Å². The number of ketones is 1. The number of rotatable bonds is 7. The Labute approximate surface area is 146 Å². The number of nitrogens with zero attached hydrogens (tertiary/aromatic N) is 1. The number of hydrogen-bond donors (Lipinski definition) is 1. The van der Waals surface area contributed by atoms with Gasteiger partial charge in [0.05, 0.1) is 12.3 Å². The summed E-state index contributed by atoms with van der Waals surface area (Å²) in [5.41, 5.74) is -0.599. The summed E-state index contributed by atoms with van der Waals surface area (Å²) in [5, 5.41) is 10.8. The molecule has 2 aromatic rings. The summed E-state index contributed by atoms with van der Waals surface area (Å²) in [6.45, 7) is 2.26. The van der Waals surface area contributed by atoms with E-state index in [0.29, 0.717) is 30.8 Å². The number of Topliss-reactive ketones (excluding diaryl/α,β-unsaturated/α-hetero) is 1. The van der Waals surface area contributed by atoms with Gasteiger partial charge in [0.2, 0.25) is 0 Å². The average molecular weight is 339 g/mol. The van der Waals surface area contributed by atoms with Crippen LogP contribution in [0.25, 0.3) is 0 Å². The Hall–Kier alpha value is -2.66. The number of para-hydroxylation sites is 2. The molecule has 0 radical (unpaired) electrons. The zero-order chi connectivity index (χ0) is 17.9. The van der Waals surface area contributed by atoms with Crippen LogP contribution < -0.4 is 9.64 Å². The van der Waals surface area contributed by atoms with E-state index in [2.05, 4.69) is 0 Å². The van der Waals surface area contributed by atoms with E-state index in [-0.39, 0.29) is 12.2 Å². The van der Waals surface area contributed by atoms with Crippen LogP contribution in [0.5, 0.6) is 5.75 Å². The molecule has 0 saturated carbocycles. The minimum atomic E-state index is -1.76. The standard InChI is InChI=1S/C20H21NO4/c1-15(22)14-20(24)17-10-5-6-11-18(17)21(19(20)23)12-7-13-25-16-8-3-2-4-9-16/h2-6,8-11,24H,7,12-14H2,1H3. The summed E-state index contributed by atoms with van der Waals surface area (Å²) in [5.74, 6) is 0.118. The molecule has 1 unspecified atom stereocenters. The molecule has 25 heavy (non-hydrogen) atoms. The lowest BCUT2D eigenvalue weighted by Gasteiger charge is -2.22. The first kappa shape index (κ1) is 17.2. The number of carbonyl (C=O) groups is 2. The Morgan fingerprint density at radius 2 is 1.80 bits per heavy atom. The van der Waals surface area contributed by atoms with Gasteiger partial charge in [-0.15, -0.1) is 0 Å². The molecule has 0 aliphatic carbocycles. The molecule has 0 saturated heterocycles. The van der Waals surface area contributed by atoms with Crippen molar-refractivity contribution in [2.75, 3.05) is 18.1 Å². The Morgan fingerprint density at radius 3 is 2.52 bits per heavy atom. The van der Waals surface area contributed by atoms with E-state index < -0.39 is 11.5 Å². The maximum absolute atomic E-state index is 12.8. The Bertz CT molecular complexity index is 774. The smallest absolute Gasteiger partial charge is 0.264 e. The molecule has 1 heterocycles. The number of fused-ring (bicyclic) bond motifs is 1. The first-order valence-electron chi connectivity index (χ1n) is 8.33. The van der Waals surface area contributed by atoms with Crippen molar-refractivity contribution >= 4 is 17.4 Å². The van der Waals surface area contributed by atoms with Crippen molar-refractivity contribution in [3.8, 4) is 5.75 Å². The molecular formula is C20H21NO4. The second kappa shape index (κ2) is 7.07. The minimum absolute atomic E-state index is 0.208. The number of ether oxygens (including phenoxy) is 1. The van der Waals surface area contributed by atoms with Gasteiger partial charge >= 0.3 is 0 Å². The third-order valence-corrected chi connectivity index (χ3v) is 4.28. The summed E-state index contributed by atoms with van der Waals surface area (Å²) in [6, 6.07) is 16.6. The Balaban J connectivity index is 1.69. The van der Waals surface area contributed by atoms with E-state index in [0.717, 1.165) is 5.75 Å². The molecule has 5 nitrogen and oxygen atoms in total. The lowest BCUT2D eigenvalue weighted by molar-refractivity contribution is -0.141. The highest BCUT2D eigenvalue weighted by Gasteiger charge is 2.49. The Morgan fingerprint density at radius 1 is 1.12 bits per heavy atom. The van der Waals surface area contributed by atoms with Gasteiger partial charge in [-0.05, 0) is 31.5 Å². The maximum Gasteiger partial charge on any atom is 0.264 e. The molecular weight excluding hydrogens is 318 g/mol. The van der Waals surface area contributed by atoms with Crippen LogP contribution in [0.1, 0.15) is 25.3 Å². The van der Waals surface area contributed by atoms with Gasteiger partial charge in [-0.2, -0.15) is 0 Å². The van der Waals surface area contributed by atoms with Gasteiger partial charge in [0.15, 0.2) is 5.60 Å². The van der Waals surface area contributed by atoms with Crippen LogP contribution in [0, 0.1) is 0 Å². The lowest BCUT2D eigenvalue weighted by atomic mass is 9.90. The second-order valence-corrected chi connectivity index (χ2v) is 6.23. The fraction of sp³-hybridized carbons (Fsp3) is 0.300. The van der Waals surface area contributed by atoms with E-state index >= 15 is 0 Å². The fourth-order valence-corrected chi connectivity index (χ4v) is 3.19. The molecule has 0 bridgehead atoms. The Kier molecular flexibility index (Phi) is 4.86. The molecule has 3 rings (SSSR count). The topological polar surface area (TPSA) is 66.8 Å². The molecule has 1 aliphatic rings. The van der Waals surface area contributed by atoms with Crippen LogP contribution in [0.4, 0.5) is 5.69 Å². The minimum Gasteiger partial charge on any atom is -0.494 e. The number of amides is 1. The fourth-order valence-electron chi connectivity index (χ4n) is 3.19. The molecule has 2 aromatic carbocycles. The van der Waals surface area contributed by atoms with Crippen molar-refractivity contribution in [1.29, 1.82) is 0 Å². The van der Waals surface area contributed by atoms with Crippen LogP contribution in [0.3, 0.4) is 0 Å². The molecule has 1 amide bonds. The number of hydrogen-bond acceptors (Lipinski definition) is 4. The van der Waals surface area contributed by atoms with Crippen LogP contribution in [0.15, 0.2) is 54.6 Å². The van der Waals surface area contributed by atoms with Crippen molar-refractivity contribution < 1.29 is 19.4 Å². The predicted molar refractivity (Wildman–Crippen MR) is 94.5 cm³/mol. The van der Waals surface area contributed by atoms with E-state index in [4.69, 9.17) is 4.74 Å². The lowest BCUT2D eigenvalue weighted by Crippen LogP contribution is -2.42. The predicted octanol–water partition coefficient (Wildman–Crippen LogP) is 2.67. The van der Waals surface area contributed by atoms with Crippen LogP contribution in [-0.2, 0) is 15.2 Å². The summed E-state index contributed by atoms with van der Waals surface area (Å²) in [7, 11) is 0. The molecule has 1 atom stereocenters. The van der Waals surface area contributed by atoms with Gasteiger partial charge in [-0.25, -0.2) is 0 Å². The third-order valence-electron chi connectivity index (χ3n) is 4.28. The van der Waals surface area contributed by atoms with Gasteiger partial charge in [-0.3, -0.25) is 9.59 Å². The van der Waals surface area contributed by atoms with Gasteiger partial charge in [-0.1, -0.05) is 36.4 Å². The van der Waals surface area contributed by atoms with Crippen molar-refractivity contribution in [2.45, 2.75) is 25.4 Å². The van der Waals surface area contributed by atoms with Crippen molar-refractivity contribution in [1.82, 2.24) is 0 Å². The van der Waals surface area contributed by atoms with E-state index in [1.165, 1.54) is 6.92 Å². The molecule has 0 spiro atoms. The molecule has 5 heteroatoms. The average Bonchev–Trinajstić information content (AvgIpc) is 2.81. The quantitative estimate of drug-likeness (QED) is 0.788. The van der Waals surface area contributed by atoms with Crippen LogP contribution in [-0.4, -0.2) is 29.9 Å². The summed E-state index contributed by atoms with van der Waals surface area (Å²) >= 11 is 0. The number of aliphatic hydroxyl groups is 1. The highest BCUT2D eigenvalue weighted by molar-refractivity contribution is 6.08. The zero-order valence-corrected chi connectivity index (χ0v) is 14.1. The number of benzene rings is 2. The number of anilines is 1. The summed E-state index contributed by atoms with van der Waals surface area (Å²) in [4.78, 5) is 25.8. The molecule has 1 aliphatic heterocycles. The highest BCUT2D eigenvalue weighted by atomic mass is 16.5. The van der Waals surface area contributed by atoms with Crippen LogP contribution >= 0.6 is 0 Å². The van der Waals surface area contributed by atoms with Crippen molar-refractivity contribution in [3.63, 3.8) is 0 Å². The molecule has 130 valence electrons. The zero-order valence-electron chi connectivity index (χ0n) is 14.1. The number of carbonyl (C=O) groups excluding carboxylic acids is 2. The first-order valence-corrected chi connectivity index (χ1v) is 8.33. The van der Waals surface area contributed by atoms with Gasteiger partial charge < -0.3 is 14.7 Å². The molecule has 0 aromatic heterocycles. The summed E-state index contributed by atoms with van der Waals surface area (Å²) < 4.78 is 5.65. The van der Waals surface area contributed by atoms with Crippen molar-refractivity contribution in [2.24, 2.45) is 0 Å². The van der Waals surface area contributed by atoms with Gasteiger partial charge in [0.1, 0.15) is 11.5 Å². The van der Waals surface area contributed by atoms with E-state index in [1.54, 1.807) is 23.1 Å². The van der Waals surface area contributed by atoms with E-state index in [1.807, 2.05) is 36.4 Å². The van der Waals surface area contributed by atoms with Crippen molar-refractivity contribution in [3.05, 3.63) is 60.2 Å². The van der Waals surface area contributed by atoms with E-state index in [9.17, 15) is 14.7 Å². The molecule has 1 N–H and O–H groups in total. The molecule has 0 fully saturated rings. The largest absolute Gasteiger partial charge is 0.494 e. The SMILES string of the molecule is CC(=O)CC1(O)C(=O)N(CCCOc2ccccc2)c2ccccc21. The highest BCUT2D eigenvalue weighted by Crippen LogP contribution is 2.42. The summed E-state index contributed by atoms with van der Waals surface area (Å²) in [6.07, 6.45) is 0.408. The first-order chi connectivity index (χ1) is 12.0. The van der Waals surface area contributed by atoms with Crippen LogP contribution in [0.2, 0.25) is 0 Å². The third kappa shape index (κ3) is 3.42. The monoisotopic (exact) mass is 339 g/mol. The van der Waals surface area contributed by atoms with Gasteiger partial charge in [0.25, 0.3) is 5.91 Å².